The molecule has 0 saturated carbocycles. The quantitative estimate of drug-likeness (QED) is 0.247. The third kappa shape index (κ3) is 5.71. The van der Waals surface area contributed by atoms with Gasteiger partial charge in [0.05, 0.1) is 17.7 Å². The number of carbonyl (C=O) groups is 2. The maximum Gasteiger partial charge on any atom is 0.293 e. The van der Waals surface area contributed by atoms with Gasteiger partial charge in [-0.3, -0.25) is 14.9 Å². The second-order valence-corrected chi connectivity index (χ2v) is 9.20. The number of hydrogen-bond acceptors (Lipinski definition) is 6. The summed E-state index contributed by atoms with van der Waals surface area (Å²) >= 11 is 10.0. The predicted molar refractivity (Wildman–Crippen MR) is 141 cm³/mol. The van der Waals surface area contributed by atoms with Crippen molar-refractivity contribution in [2.75, 3.05) is 17.7 Å². The summed E-state index contributed by atoms with van der Waals surface area (Å²) in [6.45, 7) is 0. The molecule has 0 bridgehead atoms. The van der Waals surface area contributed by atoms with Gasteiger partial charge in [0, 0.05) is 21.8 Å². The van der Waals surface area contributed by atoms with Gasteiger partial charge in [-0.25, -0.2) is 0 Å². The number of carbonyl (C=O) groups excluding carboxylic acids is 2. The van der Waals surface area contributed by atoms with Crippen LogP contribution in [0.4, 0.5) is 11.4 Å². The lowest BCUT2D eigenvalue weighted by molar-refractivity contribution is 0.0950. The van der Waals surface area contributed by atoms with Crippen LogP contribution in [-0.4, -0.2) is 24.0 Å². The molecule has 172 valence electrons. The van der Waals surface area contributed by atoms with E-state index in [1.807, 2.05) is 35.7 Å². The van der Waals surface area contributed by atoms with Crippen LogP contribution in [0.5, 0.6) is 5.75 Å². The van der Waals surface area contributed by atoms with Crippen molar-refractivity contribution in [2.45, 2.75) is 0 Å². The highest BCUT2D eigenvalue weighted by atomic mass is 79.9. The van der Waals surface area contributed by atoms with Gasteiger partial charge in [-0.05, 0) is 60.1 Å². The SMILES string of the molecule is COc1cc(NC(=S)NC(=O)c2ccc(-c3ccc(Br)cc3)o2)ccc1NC(=O)c1cccs1. The number of thiocarbonyl (C=S) groups is 1. The highest BCUT2D eigenvalue weighted by Crippen LogP contribution is 2.29. The Bertz CT molecular complexity index is 1330. The molecule has 2 aromatic carbocycles. The second kappa shape index (κ2) is 10.6. The number of furan rings is 1. The van der Waals surface area contributed by atoms with Crippen molar-refractivity contribution in [1.29, 1.82) is 0 Å². The van der Waals surface area contributed by atoms with Crippen molar-refractivity contribution in [3.8, 4) is 17.1 Å². The van der Waals surface area contributed by atoms with Gasteiger partial charge in [0.25, 0.3) is 11.8 Å². The molecule has 2 amide bonds. The van der Waals surface area contributed by atoms with Gasteiger partial charge < -0.3 is 19.8 Å². The van der Waals surface area contributed by atoms with Crippen molar-refractivity contribution in [2.24, 2.45) is 0 Å². The minimum absolute atomic E-state index is 0.0871. The molecule has 0 radical (unpaired) electrons. The fourth-order valence-corrected chi connectivity index (χ4v) is 4.11. The molecular formula is C24H18BrN3O4S2. The second-order valence-electron chi connectivity index (χ2n) is 6.93. The van der Waals surface area contributed by atoms with Crippen molar-refractivity contribution in [1.82, 2.24) is 5.32 Å². The Hall–Kier alpha value is -3.47. The van der Waals surface area contributed by atoms with Crippen LogP contribution in [0.3, 0.4) is 0 Å². The molecule has 34 heavy (non-hydrogen) atoms. The maximum atomic E-state index is 12.5. The van der Waals surface area contributed by atoms with Crippen LogP contribution in [0.15, 0.2) is 81.0 Å². The zero-order valence-corrected chi connectivity index (χ0v) is 21.0. The molecule has 10 heteroatoms. The van der Waals surface area contributed by atoms with Crippen molar-refractivity contribution in [3.05, 3.63) is 87.2 Å². The molecule has 7 nitrogen and oxygen atoms in total. The van der Waals surface area contributed by atoms with E-state index in [2.05, 4.69) is 31.9 Å². The summed E-state index contributed by atoms with van der Waals surface area (Å²) in [6, 6.07) is 19.5. The van der Waals surface area contributed by atoms with Gasteiger partial charge in [-0.15, -0.1) is 11.3 Å². The molecule has 0 aliphatic rings. The zero-order valence-electron chi connectivity index (χ0n) is 17.8. The summed E-state index contributed by atoms with van der Waals surface area (Å²) in [5.74, 6) is 0.437. The Morgan fingerprint density at radius 2 is 1.79 bits per heavy atom. The molecule has 0 unspecified atom stereocenters. The number of methoxy groups -OCH3 is 1. The third-order valence-corrected chi connectivity index (χ3v) is 6.24. The van der Waals surface area contributed by atoms with Gasteiger partial charge >= 0.3 is 0 Å². The molecule has 3 N–H and O–H groups in total. The highest BCUT2D eigenvalue weighted by Gasteiger charge is 2.15. The molecule has 4 rings (SSSR count). The monoisotopic (exact) mass is 555 g/mol. The number of rotatable bonds is 6. The largest absolute Gasteiger partial charge is 0.494 e. The van der Waals surface area contributed by atoms with Crippen LogP contribution in [-0.2, 0) is 0 Å². The van der Waals surface area contributed by atoms with Gasteiger partial charge in [-0.1, -0.05) is 34.1 Å². The standard InChI is InChI=1S/C24H18BrN3O4S2/c1-31-20-13-16(8-9-17(20)27-23(30)21-3-2-12-34-21)26-24(33)28-22(29)19-11-10-18(32-19)14-4-6-15(25)7-5-14/h2-13H,1H3,(H,27,30)(H2,26,28,29,33). The van der Waals surface area contributed by atoms with E-state index >= 15 is 0 Å². The molecule has 0 saturated heterocycles. The van der Waals surface area contributed by atoms with Crippen molar-refractivity contribution < 1.29 is 18.7 Å². The topological polar surface area (TPSA) is 92.6 Å². The van der Waals surface area contributed by atoms with E-state index in [1.165, 1.54) is 18.4 Å². The lowest BCUT2D eigenvalue weighted by Gasteiger charge is -2.13. The summed E-state index contributed by atoms with van der Waals surface area (Å²) in [5.41, 5.74) is 1.94. The smallest absolute Gasteiger partial charge is 0.293 e. The van der Waals surface area contributed by atoms with E-state index in [-0.39, 0.29) is 16.8 Å². The fourth-order valence-electron chi connectivity index (χ4n) is 3.02. The molecule has 0 atom stereocenters. The number of thiophene rings is 1. The Kier molecular flexibility index (Phi) is 7.41. The van der Waals surface area contributed by atoms with Gasteiger partial charge in [-0.2, -0.15) is 0 Å². The summed E-state index contributed by atoms with van der Waals surface area (Å²) in [7, 11) is 1.50. The van der Waals surface area contributed by atoms with Crippen molar-refractivity contribution in [3.63, 3.8) is 0 Å². The minimum Gasteiger partial charge on any atom is -0.494 e. The summed E-state index contributed by atoms with van der Waals surface area (Å²) in [5, 5.41) is 10.3. The van der Waals surface area contributed by atoms with E-state index in [9.17, 15) is 9.59 Å². The van der Waals surface area contributed by atoms with Crippen LogP contribution in [0.1, 0.15) is 20.2 Å². The molecular weight excluding hydrogens is 538 g/mol. The normalized spacial score (nSPS) is 10.4. The Balaban J connectivity index is 1.38. The Morgan fingerprint density at radius 1 is 1.00 bits per heavy atom. The van der Waals surface area contributed by atoms with E-state index in [0.717, 1.165) is 10.0 Å². The lowest BCUT2D eigenvalue weighted by atomic mass is 10.2. The van der Waals surface area contributed by atoms with E-state index in [0.29, 0.717) is 27.8 Å². The Labute approximate surface area is 213 Å². The first-order chi connectivity index (χ1) is 16.4. The molecule has 4 aromatic rings. The summed E-state index contributed by atoms with van der Waals surface area (Å²) in [4.78, 5) is 25.5. The lowest BCUT2D eigenvalue weighted by Crippen LogP contribution is -2.33. The molecule has 0 fully saturated rings. The maximum absolute atomic E-state index is 12.5. The molecule has 2 heterocycles. The van der Waals surface area contributed by atoms with Crippen LogP contribution in [0.2, 0.25) is 0 Å². The van der Waals surface area contributed by atoms with Crippen LogP contribution in [0.25, 0.3) is 11.3 Å². The van der Waals surface area contributed by atoms with Gasteiger partial charge in [0.15, 0.2) is 10.9 Å². The number of hydrogen-bond donors (Lipinski definition) is 3. The number of nitrogens with one attached hydrogen (secondary N) is 3. The highest BCUT2D eigenvalue weighted by molar-refractivity contribution is 9.10. The zero-order chi connectivity index (χ0) is 24.1. The van der Waals surface area contributed by atoms with Crippen LogP contribution < -0.4 is 20.7 Å². The molecule has 0 aliphatic carbocycles. The molecule has 0 spiro atoms. The molecule has 0 aliphatic heterocycles. The number of ether oxygens (including phenoxy) is 1. The average Bonchev–Trinajstić information content (AvgIpc) is 3.53. The number of halogens is 1. The van der Waals surface area contributed by atoms with Gasteiger partial charge in [0.2, 0.25) is 0 Å². The first-order valence-electron chi connectivity index (χ1n) is 9.94. The predicted octanol–water partition coefficient (Wildman–Crippen LogP) is 6.16. The Morgan fingerprint density at radius 3 is 2.50 bits per heavy atom. The van der Waals surface area contributed by atoms with Crippen LogP contribution in [0, 0.1) is 0 Å². The number of amides is 2. The van der Waals surface area contributed by atoms with E-state index in [1.54, 1.807) is 36.4 Å². The number of anilines is 2. The first-order valence-corrected chi connectivity index (χ1v) is 12.0. The van der Waals surface area contributed by atoms with Gasteiger partial charge in [0.1, 0.15) is 11.5 Å². The summed E-state index contributed by atoms with van der Waals surface area (Å²) < 4.78 is 12.0. The van der Waals surface area contributed by atoms with E-state index in [4.69, 9.17) is 21.4 Å². The van der Waals surface area contributed by atoms with Crippen LogP contribution >= 0.6 is 39.5 Å². The minimum atomic E-state index is -0.479. The average molecular weight is 556 g/mol. The van der Waals surface area contributed by atoms with E-state index < -0.39 is 5.91 Å². The summed E-state index contributed by atoms with van der Waals surface area (Å²) in [6.07, 6.45) is 0. The number of benzene rings is 2. The molecule has 2 aromatic heterocycles. The third-order valence-electron chi connectivity index (χ3n) is 4.64. The van der Waals surface area contributed by atoms with Crippen molar-refractivity contribution >= 4 is 67.8 Å². The first kappa shape index (κ1) is 23.7. The fraction of sp³-hybridized carbons (Fsp3) is 0.0417.